The molecular weight excluding hydrogens is 136 g/mol. The minimum Gasteiger partial charge on any atom is -0.295 e. The maximum absolute atomic E-state index is 10.9. The van der Waals surface area contributed by atoms with E-state index in [0.29, 0.717) is 6.42 Å². The molecule has 1 aliphatic carbocycles. The predicted octanol–water partition coefficient (Wildman–Crippen LogP) is 2.63. The fraction of sp³-hybridized carbons (Fsp3) is 0.500. The van der Waals surface area contributed by atoms with E-state index in [4.69, 9.17) is 0 Å². The van der Waals surface area contributed by atoms with Gasteiger partial charge in [0, 0.05) is 6.42 Å². The van der Waals surface area contributed by atoms with E-state index in [1.54, 1.807) is 6.08 Å². The van der Waals surface area contributed by atoms with Gasteiger partial charge in [-0.2, -0.15) is 0 Å². The second-order valence-corrected chi connectivity index (χ2v) is 2.93. The highest BCUT2D eigenvalue weighted by molar-refractivity contribution is 5.92. The summed E-state index contributed by atoms with van der Waals surface area (Å²) >= 11 is 0. The van der Waals surface area contributed by atoms with Crippen molar-refractivity contribution in [1.82, 2.24) is 0 Å². The third kappa shape index (κ3) is 2.04. The molecule has 0 aromatic carbocycles. The molecule has 0 atom stereocenters. The van der Waals surface area contributed by atoms with Crippen LogP contribution in [0.3, 0.4) is 0 Å². The van der Waals surface area contributed by atoms with E-state index in [2.05, 4.69) is 13.0 Å². The van der Waals surface area contributed by atoms with Crippen LogP contribution in [0.2, 0.25) is 0 Å². The van der Waals surface area contributed by atoms with Gasteiger partial charge in [-0.1, -0.05) is 13.0 Å². The predicted molar refractivity (Wildman–Crippen MR) is 46.4 cm³/mol. The van der Waals surface area contributed by atoms with Gasteiger partial charge in [-0.05, 0) is 37.0 Å². The Morgan fingerprint density at radius 3 is 2.82 bits per heavy atom. The lowest BCUT2D eigenvalue weighted by atomic mass is 9.93. The summed E-state index contributed by atoms with van der Waals surface area (Å²) in [6.45, 7) is 4.13. The van der Waals surface area contributed by atoms with Crippen molar-refractivity contribution in [3.63, 3.8) is 0 Å². The molecule has 0 aliphatic heterocycles. The number of carbonyl (C=O) groups is 1. The molecule has 1 heteroatoms. The summed E-state index contributed by atoms with van der Waals surface area (Å²) in [6, 6.07) is 0. The Morgan fingerprint density at radius 1 is 1.55 bits per heavy atom. The molecule has 0 heterocycles. The minimum atomic E-state index is 0.274. The van der Waals surface area contributed by atoms with Crippen LogP contribution in [-0.4, -0.2) is 5.78 Å². The molecule has 1 aliphatic rings. The summed E-state index contributed by atoms with van der Waals surface area (Å²) in [5, 5.41) is 0. The van der Waals surface area contributed by atoms with Crippen molar-refractivity contribution < 1.29 is 4.79 Å². The third-order valence-corrected chi connectivity index (χ3v) is 1.98. The molecule has 1 rings (SSSR count). The molecule has 0 amide bonds. The molecule has 0 unspecified atom stereocenters. The molecule has 60 valence electrons. The Bertz CT molecular complexity index is 221. The van der Waals surface area contributed by atoms with Crippen LogP contribution >= 0.6 is 0 Å². The first kappa shape index (κ1) is 8.25. The first-order valence-corrected chi connectivity index (χ1v) is 4.14. The topological polar surface area (TPSA) is 17.1 Å². The molecule has 11 heavy (non-hydrogen) atoms. The zero-order valence-corrected chi connectivity index (χ0v) is 7.18. The number of rotatable bonds is 1. The summed E-state index contributed by atoms with van der Waals surface area (Å²) in [4.78, 5) is 10.9. The van der Waals surface area contributed by atoms with Gasteiger partial charge in [0.25, 0.3) is 0 Å². The van der Waals surface area contributed by atoms with Crippen LogP contribution in [0.1, 0.15) is 33.1 Å². The smallest absolute Gasteiger partial charge is 0.156 e. The van der Waals surface area contributed by atoms with Gasteiger partial charge in [0.05, 0.1) is 0 Å². The van der Waals surface area contributed by atoms with Crippen molar-refractivity contribution in [2.75, 3.05) is 0 Å². The summed E-state index contributed by atoms with van der Waals surface area (Å²) in [6.07, 6.45) is 6.66. The Hall–Kier alpha value is -0.850. The average Bonchev–Trinajstić information content (AvgIpc) is 1.95. The highest BCUT2D eigenvalue weighted by Crippen LogP contribution is 2.21. The average molecular weight is 150 g/mol. The molecule has 0 saturated heterocycles. The van der Waals surface area contributed by atoms with E-state index in [1.165, 1.54) is 5.57 Å². The second kappa shape index (κ2) is 3.51. The normalized spacial score (nSPS) is 22.2. The number of hydrogen-bond donors (Lipinski definition) is 0. The molecule has 1 nitrogen and oxygen atoms in total. The van der Waals surface area contributed by atoms with Gasteiger partial charge in [0.15, 0.2) is 5.78 Å². The first-order valence-electron chi connectivity index (χ1n) is 4.14. The van der Waals surface area contributed by atoms with E-state index >= 15 is 0 Å². The molecule has 0 aromatic rings. The number of carbonyl (C=O) groups excluding carboxylic acids is 1. The highest BCUT2D eigenvalue weighted by atomic mass is 16.1. The number of hydrogen-bond acceptors (Lipinski definition) is 1. The molecule has 0 spiro atoms. The fourth-order valence-corrected chi connectivity index (χ4v) is 1.37. The monoisotopic (exact) mass is 150 g/mol. The van der Waals surface area contributed by atoms with Crippen molar-refractivity contribution in [3.05, 3.63) is 23.3 Å². The summed E-state index contributed by atoms with van der Waals surface area (Å²) in [5.41, 5.74) is 2.51. The zero-order valence-electron chi connectivity index (χ0n) is 7.18. The number of ketones is 1. The minimum absolute atomic E-state index is 0.274. The summed E-state index contributed by atoms with van der Waals surface area (Å²) < 4.78 is 0. The maximum Gasteiger partial charge on any atom is 0.156 e. The van der Waals surface area contributed by atoms with Crippen LogP contribution < -0.4 is 0 Å². The third-order valence-electron chi connectivity index (χ3n) is 1.98. The highest BCUT2D eigenvalue weighted by Gasteiger charge is 2.10. The van der Waals surface area contributed by atoms with Gasteiger partial charge >= 0.3 is 0 Å². The van der Waals surface area contributed by atoms with Crippen LogP contribution in [0.25, 0.3) is 0 Å². The van der Waals surface area contributed by atoms with E-state index in [-0.39, 0.29) is 5.78 Å². The van der Waals surface area contributed by atoms with Gasteiger partial charge < -0.3 is 0 Å². The SMILES string of the molecule is CC/C=C1/CCC(=O)C=C1C. The lowest BCUT2D eigenvalue weighted by Crippen LogP contribution is -2.03. The lowest BCUT2D eigenvalue weighted by Gasteiger charge is -2.11. The molecule has 0 aromatic heterocycles. The number of allylic oxidation sites excluding steroid dienone is 4. The molecular formula is C10H14O. The fourth-order valence-electron chi connectivity index (χ4n) is 1.37. The van der Waals surface area contributed by atoms with Crippen molar-refractivity contribution in [3.8, 4) is 0 Å². The van der Waals surface area contributed by atoms with E-state index in [1.807, 2.05) is 6.92 Å². The van der Waals surface area contributed by atoms with E-state index in [9.17, 15) is 4.79 Å². The van der Waals surface area contributed by atoms with Gasteiger partial charge in [-0.3, -0.25) is 4.79 Å². The lowest BCUT2D eigenvalue weighted by molar-refractivity contribution is -0.114. The quantitative estimate of drug-likeness (QED) is 0.561. The standard InChI is InChI=1S/C10H14O/c1-3-4-9-5-6-10(11)7-8(9)2/h4,7H,3,5-6H2,1-2H3/b9-4-. The molecule has 0 radical (unpaired) electrons. The van der Waals surface area contributed by atoms with Crippen molar-refractivity contribution in [2.45, 2.75) is 33.1 Å². The summed E-state index contributed by atoms with van der Waals surface area (Å²) in [5.74, 6) is 0.274. The molecule has 0 N–H and O–H groups in total. The Morgan fingerprint density at radius 2 is 2.27 bits per heavy atom. The first-order chi connectivity index (χ1) is 5.24. The van der Waals surface area contributed by atoms with Crippen molar-refractivity contribution >= 4 is 5.78 Å². The Balaban J connectivity index is 2.80. The van der Waals surface area contributed by atoms with Gasteiger partial charge in [-0.15, -0.1) is 0 Å². The molecule has 0 saturated carbocycles. The van der Waals surface area contributed by atoms with Crippen LogP contribution in [0.5, 0.6) is 0 Å². The van der Waals surface area contributed by atoms with E-state index in [0.717, 1.165) is 18.4 Å². The second-order valence-electron chi connectivity index (χ2n) is 2.93. The largest absolute Gasteiger partial charge is 0.295 e. The van der Waals surface area contributed by atoms with Gasteiger partial charge in [-0.25, -0.2) is 0 Å². The maximum atomic E-state index is 10.9. The van der Waals surface area contributed by atoms with Gasteiger partial charge in [0.1, 0.15) is 0 Å². The molecule has 0 bridgehead atoms. The zero-order chi connectivity index (χ0) is 8.27. The van der Waals surface area contributed by atoms with Crippen molar-refractivity contribution in [1.29, 1.82) is 0 Å². The Kier molecular flexibility index (Phi) is 2.64. The van der Waals surface area contributed by atoms with Crippen LogP contribution in [0.4, 0.5) is 0 Å². The Labute approximate surface area is 67.8 Å². The van der Waals surface area contributed by atoms with Crippen LogP contribution in [0.15, 0.2) is 23.3 Å². The van der Waals surface area contributed by atoms with E-state index < -0.39 is 0 Å². The molecule has 0 fully saturated rings. The van der Waals surface area contributed by atoms with Crippen molar-refractivity contribution in [2.24, 2.45) is 0 Å². The van der Waals surface area contributed by atoms with Gasteiger partial charge in [0.2, 0.25) is 0 Å². The van der Waals surface area contributed by atoms with Crippen LogP contribution in [0, 0.1) is 0 Å². The summed E-state index contributed by atoms with van der Waals surface area (Å²) in [7, 11) is 0. The van der Waals surface area contributed by atoms with Crippen LogP contribution in [-0.2, 0) is 4.79 Å².